The van der Waals surface area contributed by atoms with Crippen molar-refractivity contribution in [2.24, 2.45) is 0 Å². The number of aliphatic hydroxyl groups is 1. The molecule has 2 aromatic rings. The first-order valence-electron chi connectivity index (χ1n) is 5.76. The minimum Gasteiger partial charge on any atom is -0.386 e. The van der Waals surface area contributed by atoms with Crippen LogP contribution in [0.4, 0.5) is 8.78 Å². The van der Waals surface area contributed by atoms with E-state index in [0.29, 0.717) is 0 Å². The van der Waals surface area contributed by atoms with E-state index in [2.05, 4.69) is 5.32 Å². The highest BCUT2D eigenvalue weighted by molar-refractivity contribution is 7.19. The molecule has 18 heavy (non-hydrogen) atoms. The number of thiophene rings is 1. The predicted octanol–water partition coefficient (Wildman–Crippen LogP) is 3.18. The van der Waals surface area contributed by atoms with Crippen molar-refractivity contribution in [1.82, 2.24) is 5.32 Å². The fourth-order valence-corrected chi connectivity index (χ4v) is 2.79. The molecule has 1 aromatic carbocycles. The summed E-state index contributed by atoms with van der Waals surface area (Å²) >= 11 is 1.63. The standard InChI is InChI=1S/C13H15F2NOS/c1-8(16-7-10(17)13(14)15)12-6-9-4-2-3-5-11(9)18-12/h2-6,8,10,13,16-17H,7H2,1H3. The molecule has 0 aliphatic rings. The number of hydrogen-bond acceptors (Lipinski definition) is 3. The quantitative estimate of drug-likeness (QED) is 0.875. The summed E-state index contributed by atoms with van der Waals surface area (Å²) in [5.74, 6) is 0. The van der Waals surface area contributed by atoms with Crippen LogP contribution in [-0.4, -0.2) is 24.2 Å². The first-order chi connectivity index (χ1) is 8.58. The molecule has 1 aromatic heterocycles. The number of benzene rings is 1. The number of fused-ring (bicyclic) bond motifs is 1. The Morgan fingerprint density at radius 1 is 1.33 bits per heavy atom. The van der Waals surface area contributed by atoms with Gasteiger partial charge in [-0.15, -0.1) is 11.3 Å². The molecule has 0 fully saturated rings. The van der Waals surface area contributed by atoms with Gasteiger partial charge in [0, 0.05) is 22.2 Å². The van der Waals surface area contributed by atoms with Crippen LogP contribution in [0.3, 0.4) is 0 Å². The lowest BCUT2D eigenvalue weighted by molar-refractivity contribution is -0.00434. The second-order valence-electron chi connectivity index (χ2n) is 4.22. The third-order valence-corrected chi connectivity index (χ3v) is 4.09. The molecule has 0 bridgehead atoms. The van der Waals surface area contributed by atoms with Gasteiger partial charge in [-0.05, 0) is 24.4 Å². The summed E-state index contributed by atoms with van der Waals surface area (Å²) in [4.78, 5) is 1.08. The Morgan fingerprint density at radius 3 is 2.72 bits per heavy atom. The van der Waals surface area contributed by atoms with Crippen LogP contribution in [0.1, 0.15) is 17.8 Å². The monoisotopic (exact) mass is 271 g/mol. The summed E-state index contributed by atoms with van der Waals surface area (Å²) in [6.45, 7) is 1.80. The summed E-state index contributed by atoms with van der Waals surface area (Å²) in [7, 11) is 0. The summed E-state index contributed by atoms with van der Waals surface area (Å²) < 4.78 is 25.5. The van der Waals surface area contributed by atoms with Crippen LogP contribution in [0.15, 0.2) is 30.3 Å². The van der Waals surface area contributed by atoms with Gasteiger partial charge in [0.05, 0.1) is 0 Å². The van der Waals surface area contributed by atoms with Crippen LogP contribution in [0.5, 0.6) is 0 Å². The van der Waals surface area contributed by atoms with Gasteiger partial charge in [0.25, 0.3) is 6.43 Å². The Kier molecular flexibility index (Phi) is 4.27. The van der Waals surface area contributed by atoms with Crippen LogP contribution in [0.25, 0.3) is 10.1 Å². The highest BCUT2D eigenvalue weighted by Crippen LogP contribution is 2.29. The van der Waals surface area contributed by atoms with E-state index in [-0.39, 0.29) is 12.6 Å². The molecule has 2 unspecified atom stereocenters. The van der Waals surface area contributed by atoms with Gasteiger partial charge < -0.3 is 10.4 Å². The van der Waals surface area contributed by atoms with Crippen LogP contribution >= 0.6 is 11.3 Å². The third kappa shape index (κ3) is 3.04. The maximum Gasteiger partial charge on any atom is 0.265 e. The van der Waals surface area contributed by atoms with E-state index in [1.807, 2.05) is 37.3 Å². The van der Waals surface area contributed by atoms with E-state index < -0.39 is 12.5 Å². The molecular formula is C13H15F2NOS. The SMILES string of the molecule is CC(NCC(O)C(F)F)c1cc2ccccc2s1. The summed E-state index contributed by atoms with van der Waals surface area (Å²) in [6.07, 6.45) is -4.31. The van der Waals surface area contributed by atoms with Gasteiger partial charge in [-0.25, -0.2) is 8.78 Å². The van der Waals surface area contributed by atoms with Gasteiger partial charge in [0.2, 0.25) is 0 Å². The van der Waals surface area contributed by atoms with Crippen LogP contribution in [0, 0.1) is 0 Å². The van der Waals surface area contributed by atoms with Crippen molar-refractivity contribution >= 4 is 21.4 Å². The number of nitrogens with one attached hydrogen (secondary N) is 1. The first-order valence-corrected chi connectivity index (χ1v) is 6.57. The van der Waals surface area contributed by atoms with Crippen molar-refractivity contribution in [2.45, 2.75) is 25.5 Å². The predicted molar refractivity (Wildman–Crippen MR) is 70.3 cm³/mol. The molecule has 0 radical (unpaired) electrons. The Hall–Kier alpha value is -1.04. The van der Waals surface area contributed by atoms with Gasteiger partial charge >= 0.3 is 0 Å². The molecule has 0 saturated carbocycles. The van der Waals surface area contributed by atoms with Gasteiger partial charge in [-0.1, -0.05) is 18.2 Å². The smallest absolute Gasteiger partial charge is 0.265 e. The first kappa shape index (κ1) is 13.4. The summed E-state index contributed by atoms with van der Waals surface area (Å²) in [5.41, 5.74) is 0. The Labute approximate surface area is 108 Å². The molecular weight excluding hydrogens is 256 g/mol. The maximum absolute atomic E-state index is 12.2. The fraction of sp³-hybridized carbons (Fsp3) is 0.385. The van der Waals surface area contributed by atoms with Gasteiger partial charge in [0.15, 0.2) is 0 Å². The van der Waals surface area contributed by atoms with E-state index in [1.165, 1.54) is 4.70 Å². The molecule has 2 N–H and O–H groups in total. The molecule has 1 heterocycles. The van der Waals surface area contributed by atoms with E-state index >= 15 is 0 Å². The molecule has 2 rings (SSSR count). The number of aliphatic hydroxyl groups excluding tert-OH is 1. The van der Waals surface area contributed by atoms with Crippen LogP contribution in [0.2, 0.25) is 0 Å². The van der Waals surface area contributed by atoms with Crippen molar-refractivity contribution in [1.29, 1.82) is 0 Å². The van der Waals surface area contributed by atoms with E-state index in [1.54, 1.807) is 11.3 Å². The zero-order chi connectivity index (χ0) is 13.1. The Morgan fingerprint density at radius 2 is 2.06 bits per heavy atom. The fourth-order valence-electron chi connectivity index (χ4n) is 1.70. The second-order valence-corrected chi connectivity index (χ2v) is 5.33. The minimum absolute atomic E-state index is 0.0456. The lowest BCUT2D eigenvalue weighted by atomic mass is 10.2. The van der Waals surface area contributed by atoms with Crippen molar-refractivity contribution in [3.05, 3.63) is 35.2 Å². The molecule has 0 saturated heterocycles. The minimum atomic E-state index is -2.70. The molecule has 0 aliphatic heterocycles. The van der Waals surface area contributed by atoms with Crippen LogP contribution < -0.4 is 5.32 Å². The number of halogens is 2. The van der Waals surface area contributed by atoms with Crippen molar-refractivity contribution < 1.29 is 13.9 Å². The zero-order valence-electron chi connectivity index (χ0n) is 9.94. The Bertz CT molecular complexity index is 481. The van der Waals surface area contributed by atoms with Gasteiger partial charge in [0.1, 0.15) is 6.10 Å². The molecule has 2 nitrogen and oxygen atoms in total. The van der Waals surface area contributed by atoms with E-state index in [4.69, 9.17) is 5.11 Å². The van der Waals surface area contributed by atoms with Crippen molar-refractivity contribution in [2.75, 3.05) is 6.54 Å². The largest absolute Gasteiger partial charge is 0.386 e. The Balaban J connectivity index is 2.02. The third-order valence-electron chi connectivity index (χ3n) is 2.80. The van der Waals surface area contributed by atoms with Gasteiger partial charge in [-0.2, -0.15) is 0 Å². The lowest BCUT2D eigenvalue weighted by Crippen LogP contribution is -2.33. The molecule has 0 aliphatic carbocycles. The number of rotatable bonds is 5. The number of hydrogen-bond donors (Lipinski definition) is 2. The highest BCUT2D eigenvalue weighted by atomic mass is 32.1. The average Bonchev–Trinajstić information content (AvgIpc) is 2.79. The average molecular weight is 271 g/mol. The van der Waals surface area contributed by atoms with Crippen LogP contribution in [-0.2, 0) is 0 Å². The van der Waals surface area contributed by atoms with Gasteiger partial charge in [-0.3, -0.25) is 0 Å². The maximum atomic E-state index is 12.2. The molecule has 98 valence electrons. The lowest BCUT2D eigenvalue weighted by Gasteiger charge is -2.15. The molecule has 5 heteroatoms. The normalized spacial score (nSPS) is 15.2. The molecule has 0 amide bonds. The van der Waals surface area contributed by atoms with Crippen molar-refractivity contribution in [3.8, 4) is 0 Å². The second kappa shape index (κ2) is 5.73. The van der Waals surface area contributed by atoms with E-state index in [0.717, 1.165) is 10.3 Å². The summed E-state index contributed by atoms with van der Waals surface area (Å²) in [5, 5.41) is 13.1. The molecule has 0 spiro atoms. The highest BCUT2D eigenvalue weighted by Gasteiger charge is 2.18. The summed E-state index contributed by atoms with van der Waals surface area (Å²) in [6, 6.07) is 10.0. The van der Waals surface area contributed by atoms with E-state index in [9.17, 15) is 8.78 Å². The zero-order valence-corrected chi connectivity index (χ0v) is 10.8. The topological polar surface area (TPSA) is 32.3 Å². The van der Waals surface area contributed by atoms with Crippen molar-refractivity contribution in [3.63, 3.8) is 0 Å². The number of alkyl halides is 2. The molecule has 2 atom stereocenters.